The maximum Gasteiger partial charge on any atom is 0.337 e. The summed E-state index contributed by atoms with van der Waals surface area (Å²) in [5.74, 6) is -1.58. The molecule has 2 aromatic rings. The van der Waals surface area contributed by atoms with E-state index in [0.29, 0.717) is 18.5 Å². The third kappa shape index (κ3) is 3.47. The zero-order valence-electron chi connectivity index (χ0n) is 15.5. The Hall–Kier alpha value is -2.56. The number of nitrogens with zero attached hydrogens (tertiary/aromatic N) is 2. The Kier molecular flexibility index (Phi) is 5.01. The number of benzene rings is 1. The standard InChI is InChI=1S/C19H18N2O6S2/c1-27-19(24)12-4-6-13(7-5-12)20-16(22)11-15(18(20)23)21(14-8-9-14)29(25,26)17-3-2-10-28-17/h2-7,10,14-15H,8-9,11H2,1H3. The van der Waals surface area contributed by atoms with Gasteiger partial charge in [-0.1, -0.05) is 6.07 Å². The fourth-order valence-electron chi connectivity index (χ4n) is 3.41. The van der Waals surface area contributed by atoms with Crippen LogP contribution in [0.15, 0.2) is 46.0 Å². The van der Waals surface area contributed by atoms with Gasteiger partial charge in [0.05, 0.1) is 24.8 Å². The summed E-state index contributed by atoms with van der Waals surface area (Å²) in [6.07, 6.45) is 1.12. The molecule has 2 fully saturated rings. The molecule has 1 aromatic heterocycles. The summed E-state index contributed by atoms with van der Waals surface area (Å²) < 4.78 is 32.2. The molecule has 8 nitrogen and oxygen atoms in total. The summed E-state index contributed by atoms with van der Waals surface area (Å²) in [7, 11) is -2.61. The van der Waals surface area contributed by atoms with Gasteiger partial charge in [0, 0.05) is 6.04 Å². The first kappa shape index (κ1) is 19.7. The highest BCUT2D eigenvalue weighted by Gasteiger charge is 2.52. The molecule has 0 spiro atoms. The van der Waals surface area contributed by atoms with E-state index in [1.54, 1.807) is 11.4 Å². The molecule has 4 rings (SSSR count). The molecule has 1 aromatic carbocycles. The quantitative estimate of drug-likeness (QED) is 0.509. The molecule has 152 valence electrons. The molecule has 0 bridgehead atoms. The van der Waals surface area contributed by atoms with E-state index >= 15 is 0 Å². The highest BCUT2D eigenvalue weighted by atomic mass is 32.2. The SMILES string of the molecule is COC(=O)c1ccc(N2C(=O)CC(N(C3CC3)S(=O)(=O)c3cccs3)C2=O)cc1. The smallest absolute Gasteiger partial charge is 0.337 e. The van der Waals surface area contributed by atoms with Gasteiger partial charge in [-0.05, 0) is 48.6 Å². The lowest BCUT2D eigenvalue weighted by Crippen LogP contribution is -2.46. The number of carbonyl (C=O) groups excluding carboxylic acids is 3. The molecule has 1 saturated carbocycles. The van der Waals surface area contributed by atoms with E-state index in [-0.39, 0.29) is 22.2 Å². The Labute approximate surface area is 171 Å². The van der Waals surface area contributed by atoms with Crippen LogP contribution in [0.4, 0.5) is 5.69 Å². The highest BCUT2D eigenvalue weighted by Crippen LogP contribution is 2.39. The van der Waals surface area contributed by atoms with E-state index < -0.39 is 33.8 Å². The normalized spacial score (nSPS) is 19.8. The molecule has 2 aliphatic rings. The molecule has 1 atom stereocenters. The number of hydrogen-bond donors (Lipinski definition) is 0. The van der Waals surface area contributed by atoms with Crippen molar-refractivity contribution in [1.29, 1.82) is 0 Å². The summed E-state index contributed by atoms with van der Waals surface area (Å²) in [5, 5.41) is 1.66. The lowest BCUT2D eigenvalue weighted by Gasteiger charge is -2.26. The monoisotopic (exact) mass is 434 g/mol. The number of thiophene rings is 1. The van der Waals surface area contributed by atoms with Crippen LogP contribution in [0.25, 0.3) is 0 Å². The van der Waals surface area contributed by atoms with E-state index in [1.807, 2.05) is 0 Å². The topological polar surface area (TPSA) is 101 Å². The molecule has 2 heterocycles. The Bertz CT molecular complexity index is 1060. The minimum atomic E-state index is -3.87. The van der Waals surface area contributed by atoms with Crippen molar-refractivity contribution in [2.75, 3.05) is 12.0 Å². The number of methoxy groups -OCH3 is 1. The third-order valence-corrected chi connectivity index (χ3v) is 8.24. The Balaban J connectivity index is 1.64. The first-order valence-electron chi connectivity index (χ1n) is 8.97. The molecule has 1 aliphatic carbocycles. The predicted molar refractivity (Wildman–Crippen MR) is 105 cm³/mol. The lowest BCUT2D eigenvalue weighted by molar-refractivity contribution is -0.122. The second-order valence-electron chi connectivity index (χ2n) is 6.82. The van der Waals surface area contributed by atoms with Crippen molar-refractivity contribution in [1.82, 2.24) is 4.31 Å². The lowest BCUT2D eigenvalue weighted by atomic mass is 10.2. The van der Waals surface area contributed by atoms with Crippen LogP contribution in [0.1, 0.15) is 29.6 Å². The van der Waals surface area contributed by atoms with Gasteiger partial charge in [-0.3, -0.25) is 9.59 Å². The fraction of sp³-hybridized carbons (Fsp3) is 0.316. The van der Waals surface area contributed by atoms with Crippen LogP contribution < -0.4 is 4.90 Å². The van der Waals surface area contributed by atoms with Gasteiger partial charge in [-0.2, -0.15) is 4.31 Å². The van der Waals surface area contributed by atoms with Crippen molar-refractivity contribution in [2.24, 2.45) is 0 Å². The molecule has 1 aliphatic heterocycles. The second-order valence-corrected chi connectivity index (χ2v) is 9.84. The molecule has 1 unspecified atom stereocenters. The number of amides is 2. The van der Waals surface area contributed by atoms with Crippen LogP contribution >= 0.6 is 11.3 Å². The first-order chi connectivity index (χ1) is 13.8. The fourth-order valence-corrected chi connectivity index (χ4v) is 6.33. The predicted octanol–water partition coefficient (Wildman–Crippen LogP) is 2.02. The van der Waals surface area contributed by atoms with E-state index in [1.165, 1.54) is 41.7 Å². The number of carbonyl (C=O) groups is 3. The number of esters is 1. The average Bonchev–Trinajstić information content (AvgIpc) is 3.26. The summed E-state index contributed by atoms with van der Waals surface area (Å²) >= 11 is 1.08. The minimum Gasteiger partial charge on any atom is -0.465 e. The van der Waals surface area contributed by atoms with Crippen LogP contribution in [0.5, 0.6) is 0 Å². The first-order valence-corrected chi connectivity index (χ1v) is 11.3. The molecule has 0 radical (unpaired) electrons. The maximum atomic E-state index is 13.1. The highest BCUT2D eigenvalue weighted by molar-refractivity contribution is 7.91. The van der Waals surface area contributed by atoms with Crippen molar-refractivity contribution in [3.05, 3.63) is 47.3 Å². The van der Waals surface area contributed by atoms with Crippen LogP contribution in [0.3, 0.4) is 0 Å². The number of ether oxygens (including phenoxy) is 1. The number of rotatable bonds is 6. The zero-order valence-corrected chi connectivity index (χ0v) is 17.1. The summed E-state index contributed by atoms with van der Waals surface area (Å²) in [4.78, 5) is 38.3. The number of imide groups is 1. The van der Waals surface area contributed by atoms with Crippen LogP contribution in [0, 0.1) is 0 Å². The van der Waals surface area contributed by atoms with Gasteiger partial charge in [0.25, 0.3) is 15.9 Å². The maximum absolute atomic E-state index is 13.1. The zero-order chi connectivity index (χ0) is 20.8. The van der Waals surface area contributed by atoms with Crippen molar-refractivity contribution in [2.45, 2.75) is 35.6 Å². The molecule has 2 amide bonds. The summed E-state index contributed by atoms with van der Waals surface area (Å²) in [6.45, 7) is 0. The Morgan fingerprint density at radius 1 is 1.17 bits per heavy atom. The van der Waals surface area contributed by atoms with Crippen LogP contribution in [-0.4, -0.2) is 49.7 Å². The third-order valence-electron chi connectivity index (χ3n) is 4.91. The Morgan fingerprint density at radius 3 is 2.41 bits per heavy atom. The molecular weight excluding hydrogens is 416 g/mol. The van der Waals surface area contributed by atoms with Gasteiger partial charge in [0.2, 0.25) is 5.91 Å². The van der Waals surface area contributed by atoms with Crippen LogP contribution in [-0.2, 0) is 24.3 Å². The molecular formula is C19H18N2O6S2. The van der Waals surface area contributed by atoms with Gasteiger partial charge >= 0.3 is 5.97 Å². The number of hydrogen-bond acceptors (Lipinski definition) is 7. The largest absolute Gasteiger partial charge is 0.465 e. The summed E-state index contributed by atoms with van der Waals surface area (Å²) in [5.41, 5.74) is 0.575. The van der Waals surface area contributed by atoms with Gasteiger partial charge in [0.1, 0.15) is 10.3 Å². The minimum absolute atomic E-state index is 0.158. The molecule has 0 N–H and O–H groups in total. The number of anilines is 1. The van der Waals surface area contributed by atoms with E-state index in [0.717, 1.165) is 16.2 Å². The van der Waals surface area contributed by atoms with Crippen LogP contribution in [0.2, 0.25) is 0 Å². The van der Waals surface area contributed by atoms with E-state index in [2.05, 4.69) is 4.74 Å². The second kappa shape index (κ2) is 7.36. The summed E-state index contributed by atoms with van der Waals surface area (Å²) in [6, 6.07) is 7.65. The van der Waals surface area contributed by atoms with Crippen molar-refractivity contribution >= 4 is 44.8 Å². The van der Waals surface area contributed by atoms with Gasteiger partial charge < -0.3 is 4.74 Å². The van der Waals surface area contributed by atoms with Gasteiger partial charge in [-0.15, -0.1) is 11.3 Å². The van der Waals surface area contributed by atoms with Crippen molar-refractivity contribution < 1.29 is 27.5 Å². The van der Waals surface area contributed by atoms with Crippen molar-refractivity contribution in [3.63, 3.8) is 0 Å². The molecule has 10 heteroatoms. The van der Waals surface area contributed by atoms with E-state index in [4.69, 9.17) is 0 Å². The van der Waals surface area contributed by atoms with E-state index in [9.17, 15) is 22.8 Å². The molecule has 1 saturated heterocycles. The van der Waals surface area contributed by atoms with Gasteiger partial charge in [-0.25, -0.2) is 18.1 Å². The van der Waals surface area contributed by atoms with Gasteiger partial charge in [0.15, 0.2) is 0 Å². The van der Waals surface area contributed by atoms with Crippen molar-refractivity contribution in [3.8, 4) is 0 Å². The molecule has 29 heavy (non-hydrogen) atoms. The average molecular weight is 434 g/mol. The number of sulfonamides is 1. The Morgan fingerprint density at radius 2 is 1.86 bits per heavy atom.